The van der Waals surface area contributed by atoms with Gasteiger partial charge in [0.05, 0.1) is 0 Å². The van der Waals surface area contributed by atoms with E-state index in [2.05, 4.69) is 45.0 Å². The van der Waals surface area contributed by atoms with Crippen molar-refractivity contribution in [3.8, 4) is 0 Å². The first-order chi connectivity index (χ1) is 8.10. The zero-order chi connectivity index (χ0) is 12.9. The van der Waals surface area contributed by atoms with Gasteiger partial charge in [0.1, 0.15) is 0 Å². The van der Waals surface area contributed by atoms with Gasteiger partial charge in [-0.25, -0.2) is 0 Å². The van der Waals surface area contributed by atoms with Crippen LogP contribution in [0.4, 0.5) is 0 Å². The number of likely N-dealkylation sites (N-methyl/N-ethyl adjacent to an activating group) is 1. The summed E-state index contributed by atoms with van der Waals surface area (Å²) in [5, 5.41) is 3.61. The SMILES string of the molecule is CCCC(C)C(NC)C(C)(CC)N1CCCC1. The number of hydrogen-bond acceptors (Lipinski definition) is 2. The van der Waals surface area contributed by atoms with Crippen LogP contribution in [0, 0.1) is 5.92 Å². The fraction of sp³-hybridized carbons (Fsp3) is 1.00. The van der Waals surface area contributed by atoms with Crippen LogP contribution in [0.2, 0.25) is 0 Å². The number of rotatable bonds is 7. The Morgan fingerprint density at radius 2 is 1.82 bits per heavy atom. The molecule has 0 spiro atoms. The van der Waals surface area contributed by atoms with Crippen LogP contribution >= 0.6 is 0 Å². The highest BCUT2D eigenvalue weighted by atomic mass is 15.2. The molecule has 0 saturated carbocycles. The van der Waals surface area contributed by atoms with Crippen LogP contribution in [0.1, 0.15) is 59.8 Å². The summed E-state index contributed by atoms with van der Waals surface area (Å²) >= 11 is 0. The van der Waals surface area contributed by atoms with E-state index in [0.717, 1.165) is 5.92 Å². The minimum absolute atomic E-state index is 0.333. The topological polar surface area (TPSA) is 15.3 Å². The maximum atomic E-state index is 3.61. The van der Waals surface area contributed by atoms with E-state index in [1.54, 1.807) is 0 Å². The second-order valence-corrected chi connectivity index (χ2v) is 5.94. The predicted octanol–water partition coefficient (Wildman–Crippen LogP) is 3.28. The van der Waals surface area contributed by atoms with E-state index in [4.69, 9.17) is 0 Å². The Morgan fingerprint density at radius 1 is 1.24 bits per heavy atom. The maximum absolute atomic E-state index is 3.61. The lowest BCUT2D eigenvalue weighted by Crippen LogP contribution is -2.60. The van der Waals surface area contributed by atoms with Gasteiger partial charge in [0.2, 0.25) is 0 Å². The number of likely N-dealkylation sites (tertiary alicyclic amines) is 1. The molecule has 0 aliphatic carbocycles. The van der Waals surface area contributed by atoms with Gasteiger partial charge in [-0.05, 0) is 58.7 Å². The van der Waals surface area contributed by atoms with Gasteiger partial charge in [0.25, 0.3) is 0 Å². The fourth-order valence-electron chi connectivity index (χ4n) is 3.70. The number of hydrogen-bond donors (Lipinski definition) is 1. The van der Waals surface area contributed by atoms with Gasteiger partial charge >= 0.3 is 0 Å². The molecule has 2 nitrogen and oxygen atoms in total. The summed E-state index contributed by atoms with van der Waals surface area (Å²) in [6.45, 7) is 12.1. The van der Waals surface area contributed by atoms with Crippen LogP contribution in [0.15, 0.2) is 0 Å². The van der Waals surface area contributed by atoms with Gasteiger partial charge in [-0.2, -0.15) is 0 Å². The fourth-order valence-corrected chi connectivity index (χ4v) is 3.70. The van der Waals surface area contributed by atoms with Gasteiger partial charge in [-0.15, -0.1) is 0 Å². The van der Waals surface area contributed by atoms with E-state index in [-0.39, 0.29) is 0 Å². The molecular formula is C15H32N2. The standard InChI is InChI=1S/C15H32N2/c1-6-10-13(3)14(16-5)15(4,7-2)17-11-8-9-12-17/h13-14,16H,6-12H2,1-5H3. The molecular weight excluding hydrogens is 208 g/mol. The summed E-state index contributed by atoms with van der Waals surface area (Å²) in [5.41, 5.74) is 0.333. The van der Waals surface area contributed by atoms with Crippen molar-refractivity contribution in [3.05, 3.63) is 0 Å². The molecule has 17 heavy (non-hydrogen) atoms. The van der Waals surface area contributed by atoms with Crippen molar-refractivity contribution in [2.75, 3.05) is 20.1 Å². The van der Waals surface area contributed by atoms with Crippen molar-refractivity contribution in [1.82, 2.24) is 10.2 Å². The first-order valence-electron chi connectivity index (χ1n) is 7.52. The van der Waals surface area contributed by atoms with E-state index in [1.807, 2.05) is 0 Å². The third-order valence-corrected chi connectivity index (χ3v) is 4.84. The molecule has 0 aromatic heterocycles. The lowest BCUT2D eigenvalue weighted by molar-refractivity contribution is 0.0622. The molecule has 3 atom stereocenters. The third kappa shape index (κ3) is 3.23. The monoisotopic (exact) mass is 240 g/mol. The summed E-state index contributed by atoms with van der Waals surface area (Å²) in [5.74, 6) is 0.760. The van der Waals surface area contributed by atoms with Gasteiger partial charge < -0.3 is 5.32 Å². The number of nitrogens with one attached hydrogen (secondary N) is 1. The Balaban J connectivity index is 2.79. The van der Waals surface area contributed by atoms with Crippen molar-refractivity contribution < 1.29 is 0 Å². The molecule has 1 aliphatic rings. The van der Waals surface area contributed by atoms with Crippen LogP contribution in [-0.2, 0) is 0 Å². The van der Waals surface area contributed by atoms with Crippen LogP contribution in [0.3, 0.4) is 0 Å². The average molecular weight is 240 g/mol. The molecule has 3 unspecified atom stereocenters. The second-order valence-electron chi connectivity index (χ2n) is 5.94. The van der Waals surface area contributed by atoms with Crippen molar-refractivity contribution in [3.63, 3.8) is 0 Å². The van der Waals surface area contributed by atoms with Gasteiger partial charge in [0.15, 0.2) is 0 Å². The molecule has 0 amide bonds. The van der Waals surface area contributed by atoms with Gasteiger partial charge in [-0.1, -0.05) is 27.2 Å². The van der Waals surface area contributed by atoms with E-state index in [1.165, 1.54) is 45.2 Å². The number of nitrogens with zero attached hydrogens (tertiary/aromatic N) is 1. The largest absolute Gasteiger partial charge is 0.315 e. The highest BCUT2D eigenvalue weighted by Crippen LogP contribution is 2.32. The lowest BCUT2D eigenvalue weighted by atomic mass is 9.79. The first-order valence-corrected chi connectivity index (χ1v) is 7.52. The summed E-state index contributed by atoms with van der Waals surface area (Å²) in [4.78, 5) is 2.72. The molecule has 0 bridgehead atoms. The highest BCUT2D eigenvalue weighted by molar-refractivity contribution is 4.99. The minimum atomic E-state index is 0.333. The molecule has 1 fully saturated rings. The second kappa shape index (κ2) is 6.75. The molecule has 1 saturated heterocycles. The molecule has 0 aromatic rings. The van der Waals surface area contributed by atoms with E-state index in [9.17, 15) is 0 Å². The summed E-state index contributed by atoms with van der Waals surface area (Å²) in [6, 6.07) is 0.616. The zero-order valence-corrected chi connectivity index (χ0v) is 12.6. The molecule has 102 valence electrons. The van der Waals surface area contributed by atoms with Crippen LogP contribution < -0.4 is 5.32 Å². The van der Waals surface area contributed by atoms with Crippen molar-refractivity contribution in [1.29, 1.82) is 0 Å². The van der Waals surface area contributed by atoms with E-state index in [0.29, 0.717) is 11.6 Å². The Labute approximate surface area is 108 Å². The molecule has 0 aromatic carbocycles. The quantitative estimate of drug-likeness (QED) is 0.735. The Morgan fingerprint density at radius 3 is 2.24 bits per heavy atom. The summed E-state index contributed by atoms with van der Waals surface area (Å²) < 4.78 is 0. The molecule has 1 rings (SSSR count). The smallest absolute Gasteiger partial charge is 0.0334 e. The molecule has 1 aliphatic heterocycles. The van der Waals surface area contributed by atoms with Gasteiger partial charge in [0, 0.05) is 11.6 Å². The zero-order valence-electron chi connectivity index (χ0n) is 12.6. The van der Waals surface area contributed by atoms with Crippen molar-refractivity contribution in [2.45, 2.75) is 71.4 Å². The van der Waals surface area contributed by atoms with Crippen LogP contribution in [0.5, 0.6) is 0 Å². The third-order valence-electron chi connectivity index (χ3n) is 4.84. The highest BCUT2D eigenvalue weighted by Gasteiger charge is 2.40. The lowest BCUT2D eigenvalue weighted by Gasteiger charge is -2.47. The first kappa shape index (κ1) is 15.0. The summed E-state index contributed by atoms with van der Waals surface area (Å²) in [7, 11) is 2.14. The average Bonchev–Trinajstić information content (AvgIpc) is 2.84. The molecule has 2 heteroatoms. The molecule has 1 heterocycles. The molecule has 1 N–H and O–H groups in total. The van der Waals surface area contributed by atoms with E-state index < -0.39 is 0 Å². The Hall–Kier alpha value is -0.0800. The van der Waals surface area contributed by atoms with Gasteiger partial charge in [-0.3, -0.25) is 4.90 Å². The van der Waals surface area contributed by atoms with Crippen molar-refractivity contribution >= 4 is 0 Å². The molecule has 0 radical (unpaired) electrons. The van der Waals surface area contributed by atoms with Crippen LogP contribution in [-0.4, -0.2) is 36.6 Å². The van der Waals surface area contributed by atoms with Crippen molar-refractivity contribution in [2.24, 2.45) is 5.92 Å². The minimum Gasteiger partial charge on any atom is -0.315 e. The Kier molecular flexibility index (Phi) is 5.94. The summed E-state index contributed by atoms with van der Waals surface area (Å²) in [6.07, 6.45) is 6.63. The predicted molar refractivity (Wildman–Crippen MR) is 76.4 cm³/mol. The normalized spacial score (nSPS) is 24.5. The Bertz CT molecular complexity index is 211. The van der Waals surface area contributed by atoms with E-state index >= 15 is 0 Å². The maximum Gasteiger partial charge on any atom is 0.0334 e. The van der Waals surface area contributed by atoms with Crippen LogP contribution in [0.25, 0.3) is 0 Å².